The van der Waals surface area contributed by atoms with E-state index in [0.29, 0.717) is 13.0 Å². The van der Waals surface area contributed by atoms with Crippen molar-refractivity contribution in [1.82, 2.24) is 0 Å². The average Bonchev–Trinajstić information content (AvgIpc) is 3.54. The number of hydrogen-bond donors (Lipinski definition) is 4. The molecule has 4 N–H and O–H groups in total. The van der Waals surface area contributed by atoms with Crippen LogP contribution in [0.1, 0.15) is 58.2 Å². The maximum Gasteiger partial charge on any atom is 0.126 e. The van der Waals surface area contributed by atoms with Crippen LogP contribution in [0, 0.1) is 12.8 Å². The normalized spacial score (nSPS) is 29.6. The largest absolute Gasteiger partial charge is 0.493 e. The van der Waals surface area contributed by atoms with Crippen LogP contribution in [-0.2, 0) is 17.6 Å². The van der Waals surface area contributed by atoms with E-state index in [1.54, 1.807) is 0 Å². The Bertz CT molecular complexity index is 965. The molecule has 0 bridgehead atoms. The average molecular weight is 441 g/mol. The summed E-state index contributed by atoms with van der Waals surface area (Å²) in [6, 6.07) is 10.9. The number of benzene rings is 2. The molecule has 2 heterocycles. The molecule has 0 aromatic heterocycles. The molecular weight excluding hydrogens is 408 g/mol. The summed E-state index contributed by atoms with van der Waals surface area (Å²) in [7, 11) is 0. The predicted molar refractivity (Wildman–Crippen MR) is 119 cm³/mol. The van der Waals surface area contributed by atoms with Crippen molar-refractivity contribution in [1.29, 1.82) is 0 Å². The first-order valence-electron chi connectivity index (χ1n) is 11.6. The first kappa shape index (κ1) is 21.9. The van der Waals surface area contributed by atoms with Gasteiger partial charge in [0, 0.05) is 17.9 Å². The van der Waals surface area contributed by atoms with E-state index in [1.807, 2.05) is 0 Å². The number of aliphatic hydroxyl groups excluding tert-OH is 4. The molecule has 1 saturated carbocycles. The van der Waals surface area contributed by atoms with E-state index in [2.05, 4.69) is 37.3 Å². The number of hydrogen-bond acceptors (Lipinski definition) is 6. The van der Waals surface area contributed by atoms with Crippen molar-refractivity contribution >= 4 is 0 Å². The van der Waals surface area contributed by atoms with Gasteiger partial charge in [-0.1, -0.05) is 30.3 Å². The summed E-state index contributed by atoms with van der Waals surface area (Å²) >= 11 is 0. The summed E-state index contributed by atoms with van der Waals surface area (Å²) in [5.41, 5.74) is 6.59. The van der Waals surface area contributed by atoms with Gasteiger partial charge in [-0.25, -0.2) is 0 Å². The highest BCUT2D eigenvalue weighted by atomic mass is 16.5. The van der Waals surface area contributed by atoms with Crippen molar-refractivity contribution in [2.24, 2.45) is 5.92 Å². The molecule has 0 radical (unpaired) electrons. The minimum absolute atomic E-state index is 0.337. The maximum atomic E-state index is 10.9. The minimum atomic E-state index is -1.20. The molecule has 5 rings (SSSR count). The second kappa shape index (κ2) is 8.76. The third-order valence-corrected chi connectivity index (χ3v) is 7.39. The topological polar surface area (TPSA) is 99.4 Å². The van der Waals surface area contributed by atoms with Gasteiger partial charge in [0.25, 0.3) is 0 Å². The van der Waals surface area contributed by atoms with Crippen LogP contribution in [0.2, 0.25) is 0 Å². The van der Waals surface area contributed by atoms with Crippen LogP contribution in [0.4, 0.5) is 0 Å². The Balaban J connectivity index is 1.49. The Hall–Kier alpha value is -1.96. The monoisotopic (exact) mass is 440 g/mol. The number of aliphatic hydroxyl groups is 4. The summed E-state index contributed by atoms with van der Waals surface area (Å²) < 4.78 is 12.0. The Labute approximate surface area is 188 Å². The van der Waals surface area contributed by atoms with Gasteiger partial charge >= 0.3 is 0 Å². The predicted octanol–water partition coefficient (Wildman–Crippen LogP) is 2.16. The van der Waals surface area contributed by atoms with Crippen molar-refractivity contribution in [3.63, 3.8) is 0 Å². The smallest absolute Gasteiger partial charge is 0.126 e. The first-order valence-corrected chi connectivity index (χ1v) is 11.6. The Kier molecular flexibility index (Phi) is 5.99. The molecule has 1 aliphatic carbocycles. The van der Waals surface area contributed by atoms with Crippen molar-refractivity contribution < 1.29 is 29.9 Å². The van der Waals surface area contributed by atoms with Crippen LogP contribution in [-0.4, -0.2) is 58.6 Å². The highest BCUT2D eigenvalue weighted by Crippen LogP contribution is 2.44. The Morgan fingerprint density at radius 1 is 1.00 bits per heavy atom. The van der Waals surface area contributed by atoms with Crippen LogP contribution in [0.25, 0.3) is 0 Å². The number of rotatable bonds is 6. The second-order valence-corrected chi connectivity index (χ2v) is 9.45. The van der Waals surface area contributed by atoms with Crippen LogP contribution in [0.15, 0.2) is 30.3 Å². The molecule has 0 amide bonds. The molecule has 5 unspecified atom stereocenters. The van der Waals surface area contributed by atoms with Gasteiger partial charge < -0.3 is 29.9 Å². The number of fused-ring (bicyclic) bond motifs is 1. The fourth-order valence-corrected chi connectivity index (χ4v) is 5.26. The highest BCUT2D eigenvalue weighted by Gasteiger charge is 2.45. The zero-order chi connectivity index (χ0) is 22.4. The number of ether oxygens (including phenoxy) is 2. The lowest BCUT2D eigenvalue weighted by Crippen LogP contribution is -2.53. The molecule has 2 aliphatic heterocycles. The SMILES string of the molecule is Cc1c(Cc2ccc(C3CC3)cc2)cc(C2OC(CO)C(CO)C(O)C2O)c2c1OCC2. The summed E-state index contributed by atoms with van der Waals surface area (Å²) in [5.74, 6) is 0.831. The van der Waals surface area contributed by atoms with E-state index in [0.717, 1.165) is 40.3 Å². The molecule has 5 atom stereocenters. The molecule has 2 aromatic carbocycles. The van der Waals surface area contributed by atoms with Gasteiger partial charge in [0.05, 0.1) is 32.0 Å². The molecule has 172 valence electrons. The van der Waals surface area contributed by atoms with E-state index < -0.39 is 30.3 Å². The molecule has 2 aromatic rings. The molecule has 2 fully saturated rings. The third kappa shape index (κ3) is 3.84. The van der Waals surface area contributed by atoms with Gasteiger partial charge in [-0.05, 0) is 59.9 Å². The standard InChI is InChI=1S/C26H32O6/c1-14-18(10-15-2-4-16(5-3-15)17-6-7-17)11-20(19-8-9-31-25(14)19)26-24(30)23(29)21(12-27)22(13-28)32-26/h2-5,11,17,21-24,26-30H,6-10,12-13H2,1H3. The van der Waals surface area contributed by atoms with E-state index in [9.17, 15) is 20.4 Å². The summed E-state index contributed by atoms with van der Waals surface area (Å²) in [4.78, 5) is 0. The van der Waals surface area contributed by atoms with Crippen LogP contribution in [0.3, 0.4) is 0 Å². The van der Waals surface area contributed by atoms with Gasteiger partial charge in [0.1, 0.15) is 18.0 Å². The zero-order valence-electron chi connectivity index (χ0n) is 18.4. The lowest BCUT2D eigenvalue weighted by atomic mass is 9.82. The third-order valence-electron chi connectivity index (χ3n) is 7.39. The summed E-state index contributed by atoms with van der Waals surface area (Å²) in [6.45, 7) is 1.92. The van der Waals surface area contributed by atoms with E-state index in [-0.39, 0.29) is 13.2 Å². The molecule has 1 saturated heterocycles. The zero-order valence-corrected chi connectivity index (χ0v) is 18.4. The molecule has 32 heavy (non-hydrogen) atoms. The quantitative estimate of drug-likeness (QED) is 0.550. The Morgan fingerprint density at radius 3 is 2.41 bits per heavy atom. The molecule has 6 nitrogen and oxygen atoms in total. The van der Waals surface area contributed by atoms with Gasteiger partial charge in [-0.2, -0.15) is 0 Å². The molecule has 6 heteroatoms. The maximum absolute atomic E-state index is 10.9. The van der Waals surface area contributed by atoms with E-state index >= 15 is 0 Å². The minimum Gasteiger partial charge on any atom is -0.493 e. The van der Waals surface area contributed by atoms with Crippen molar-refractivity contribution in [3.05, 3.63) is 63.7 Å². The molecule has 0 spiro atoms. The molecule has 3 aliphatic rings. The van der Waals surface area contributed by atoms with Crippen molar-refractivity contribution in [3.8, 4) is 5.75 Å². The summed E-state index contributed by atoms with van der Waals surface area (Å²) in [6.07, 6.45) is 0.0724. The lowest BCUT2D eigenvalue weighted by molar-refractivity contribution is -0.217. The molecular formula is C26H32O6. The Morgan fingerprint density at radius 2 is 1.75 bits per heavy atom. The van der Waals surface area contributed by atoms with Crippen molar-refractivity contribution in [2.45, 2.75) is 62.9 Å². The van der Waals surface area contributed by atoms with Gasteiger partial charge in [0.2, 0.25) is 0 Å². The van der Waals surface area contributed by atoms with Gasteiger partial charge in [0.15, 0.2) is 0 Å². The van der Waals surface area contributed by atoms with Crippen LogP contribution < -0.4 is 4.74 Å². The first-order chi connectivity index (χ1) is 15.5. The van der Waals surface area contributed by atoms with Gasteiger partial charge in [-0.15, -0.1) is 0 Å². The van der Waals surface area contributed by atoms with Crippen LogP contribution in [0.5, 0.6) is 5.75 Å². The van der Waals surface area contributed by atoms with Crippen molar-refractivity contribution in [2.75, 3.05) is 19.8 Å². The fourth-order valence-electron chi connectivity index (χ4n) is 5.26. The second-order valence-electron chi connectivity index (χ2n) is 9.45. The van der Waals surface area contributed by atoms with Gasteiger partial charge in [-0.3, -0.25) is 0 Å². The van der Waals surface area contributed by atoms with Crippen LogP contribution >= 0.6 is 0 Å². The van der Waals surface area contributed by atoms with E-state index in [4.69, 9.17) is 9.47 Å². The lowest BCUT2D eigenvalue weighted by Gasteiger charge is -2.42. The summed E-state index contributed by atoms with van der Waals surface area (Å²) in [5, 5.41) is 40.9. The highest BCUT2D eigenvalue weighted by molar-refractivity contribution is 5.54. The van der Waals surface area contributed by atoms with E-state index in [1.165, 1.54) is 24.0 Å². The fraction of sp³-hybridized carbons (Fsp3) is 0.538.